The van der Waals surface area contributed by atoms with E-state index in [-0.39, 0.29) is 24.1 Å². The van der Waals surface area contributed by atoms with E-state index in [1.165, 1.54) is 0 Å². The van der Waals surface area contributed by atoms with Gasteiger partial charge >= 0.3 is 6.09 Å². The predicted molar refractivity (Wildman–Crippen MR) is 79.3 cm³/mol. The van der Waals surface area contributed by atoms with Gasteiger partial charge in [-0.2, -0.15) is 0 Å². The van der Waals surface area contributed by atoms with Crippen molar-refractivity contribution in [2.24, 2.45) is 0 Å². The molecule has 1 aromatic rings. The van der Waals surface area contributed by atoms with Gasteiger partial charge in [-0.15, -0.1) is 0 Å². The number of ether oxygens (including phenoxy) is 1. The third-order valence-electron chi connectivity index (χ3n) is 4.09. The van der Waals surface area contributed by atoms with Crippen LogP contribution in [-0.2, 0) is 16.0 Å². The average molecular weight is 306 g/mol. The number of aromatic nitrogens is 2. The summed E-state index contributed by atoms with van der Waals surface area (Å²) in [5.74, 6) is 1.08. The van der Waals surface area contributed by atoms with E-state index in [0.717, 1.165) is 25.1 Å². The molecule has 0 bridgehead atoms. The van der Waals surface area contributed by atoms with Gasteiger partial charge in [0.05, 0.1) is 13.1 Å². The molecule has 22 heavy (non-hydrogen) atoms. The van der Waals surface area contributed by atoms with Crippen LogP contribution in [0.25, 0.3) is 0 Å². The fourth-order valence-corrected chi connectivity index (χ4v) is 2.98. The van der Waals surface area contributed by atoms with E-state index in [1.807, 2.05) is 24.6 Å². The maximum absolute atomic E-state index is 12.6. The van der Waals surface area contributed by atoms with Crippen molar-refractivity contribution in [2.75, 3.05) is 13.1 Å². The van der Waals surface area contributed by atoms with Crippen molar-refractivity contribution in [3.63, 3.8) is 0 Å². The first kappa shape index (κ1) is 14.9. The molecule has 2 aliphatic heterocycles. The van der Waals surface area contributed by atoms with Crippen molar-refractivity contribution in [3.8, 4) is 0 Å². The number of hydrogen-bond donors (Lipinski definition) is 1. The lowest BCUT2D eigenvalue weighted by Gasteiger charge is -2.41. The summed E-state index contributed by atoms with van der Waals surface area (Å²) in [6.07, 6.45) is 5.77. The van der Waals surface area contributed by atoms with Gasteiger partial charge in [-0.3, -0.25) is 4.79 Å². The molecule has 120 valence electrons. The zero-order chi connectivity index (χ0) is 15.7. The Morgan fingerprint density at radius 1 is 1.41 bits per heavy atom. The van der Waals surface area contributed by atoms with Crippen LogP contribution in [0.2, 0.25) is 0 Å². The lowest BCUT2D eigenvalue weighted by atomic mass is 10.0. The molecule has 3 heterocycles. The summed E-state index contributed by atoms with van der Waals surface area (Å²) < 4.78 is 7.23. The molecule has 2 aliphatic rings. The lowest BCUT2D eigenvalue weighted by Crippen LogP contribution is -2.58. The Labute approximate surface area is 129 Å². The minimum atomic E-state index is -0.415. The molecule has 1 saturated heterocycles. The van der Waals surface area contributed by atoms with Gasteiger partial charge in [0.15, 0.2) is 0 Å². The van der Waals surface area contributed by atoms with Gasteiger partial charge in [-0.1, -0.05) is 0 Å². The summed E-state index contributed by atoms with van der Waals surface area (Å²) in [5, 5.41) is 2.68. The number of carbonyl (C=O) groups excluding carboxylic acids is 2. The quantitative estimate of drug-likeness (QED) is 0.907. The zero-order valence-electron chi connectivity index (χ0n) is 13.0. The van der Waals surface area contributed by atoms with Gasteiger partial charge in [-0.25, -0.2) is 9.78 Å². The van der Waals surface area contributed by atoms with Crippen molar-refractivity contribution in [3.05, 3.63) is 18.2 Å². The van der Waals surface area contributed by atoms with Crippen LogP contribution in [0.15, 0.2) is 12.4 Å². The van der Waals surface area contributed by atoms with Crippen molar-refractivity contribution in [1.29, 1.82) is 0 Å². The Morgan fingerprint density at radius 3 is 2.91 bits per heavy atom. The van der Waals surface area contributed by atoms with Gasteiger partial charge in [0.1, 0.15) is 18.0 Å². The minimum absolute atomic E-state index is 0.0483. The standard InChI is InChI=1S/C15H22N4O3/c1-10(2)17-15(21)22-11-8-18(9-11)14(20)12-4-3-5-13-16-6-7-19(12)13/h6-7,10-12H,3-5,8-9H2,1-2H3,(H,17,21)/t12-/m0/s1. The second-order valence-electron chi connectivity index (χ2n) is 6.23. The van der Waals surface area contributed by atoms with Gasteiger partial charge in [-0.05, 0) is 26.7 Å². The number of aryl methyl sites for hydroxylation is 1. The Bertz CT molecular complexity index is 563. The van der Waals surface area contributed by atoms with Crippen LogP contribution < -0.4 is 5.32 Å². The van der Waals surface area contributed by atoms with Crippen LogP contribution >= 0.6 is 0 Å². The Morgan fingerprint density at radius 2 is 2.18 bits per heavy atom. The predicted octanol–water partition coefficient (Wildman–Crippen LogP) is 1.11. The number of imidazole rings is 1. The molecule has 0 saturated carbocycles. The molecule has 0 aromatic carbocycles. The first-order valence-electron chi connectivity index (χ1n) is 7.82. The second kappa shape index (κ2) is 5.98. The normalized spacial score (nSPS) is 21.2. The van der Waals surface area contributed by atoms with Gasteiger partial charge in [0, 0.05) is 24.9 Å². The van der Waals surface area contributed by atoms with Crippen LogP contribution in [0.3, 0.4) is 0 Å². The Kier molecular flexibility index (Phi) is 4.04. The summed E-state index contributed by atoms with van der Waals surface area (Å²) in [6.45, 7) is 4.71. The maximum Gasteiger partial charge on any atom is 0.407 e. The number of likely N-dealkylation sites (tertiary alicyclic amines) is 1. The molecule has 7 nitrogen and oxygen atoms in total. The van der Waals surface area contributed by atoms with Gasteiger partial charge in [0.2, 0.25) is 5.91 Å². The molecule has 1 atom stereocenters. The van der Waals surface area contributed by atoms with Crippen LogP contribution in [-0.4, -0.2) is 51.7 Å². The van der Waals surface area contributed by atoms with E-state index in [0.29, 0.717) is 13.1 Å². The summed E-state index contributed by atoms with van der Waals surface area (Å²) in [7, 11) is 0. The highest BCUT2D eigenvalue weighted by molar-refractivity contribution is 5.81. The number of amides is 2. The SMILES string of the molecule is CC(C)NC(=O)OC1CN(C(=O)[C@@H]2CCCc3nccn32)C1. The topological polar surface area (TPSA) is 76.5 Å². The molecule has 1 fully saturated rings. The lowest BCUT2D eigenvalue weighted by molar-refractivity contribution is -0.145. The van der Waals surface area contributed by atoms with Crippen molar-refractivity contribution in [1.82, 2.24) is 19.8 Å². The Hall–Kier alpha value is -2.05. The molecule has 7 heteroatoms. The molecule has 1 N–H and O–H groups in total. The van der Waals surface area contributed by atoms with Gasteiger partial charge < -0.3 is 19.5 Å². The van der Waals surface area contributed by atoms with E-state index < -0.39 is 6.09 Å². The van der Waals surface area contributed by atoms with E-state index >= 15 is 0 Å². The van der Waals surface area contributed by atoms with Crippen molar-refractivity contribution >= 4 is 12.0 Å². The molecular weight excluding hydrogens is 284 g/mol. The van der Waals surface area contributed by atoms with Crippen LogP contribution in [0.5, 0.6) is 0 Å². The third kappa shape index (κ3) is 2.93. The number of nitrogens with zero attached hydrogens (tertiary/aromatic N) is 3. The second-order valence-corrected chi connectivity index (χ2v) is 6.23. The summed E-state index contributed by atoms with van der Waals surface area (Å²) >= 11 is 0. The van der Waals surface area contributed by atoms with E-state index in [9.17, 15) is 9.59 Å². The first-order chi connectivity index (χ1) is 10.5. The smallest absolute Gasteiger partial charge is 0.407 e. The Balaban J connectivity index is 1.51. The zero-order valence-corrected chi connectivity index (χ0v) is 13.0. The van der Waals surface area contributed by atoms with Crippen LogP contribution in [0, 0.1) is 0 Å². The summed E-state index contributed by atoms with van der Waals surface area (Å²) in [4.78, 5) is 30.1. The molecular formula is C15H22N4O3. The largest absolute Gasteiger partial charge is 0.442 e. The fraction of sp³-hybridized carbons (Fsp3) is 0.667. The maximum atomic E-state index is 12.6. The van der Waals surface area contributed by atoms with E-state index in [1.54, 1.807) is 11.1 Å². The highest BCUT2D eigenvalue weighted by Gasteiger charge is 2.38. The molecule has 3 rings (SSSR count). The first-order valence-corrected chi connectivity index (χ1v) is 7.82. The number of nitrogens with one attached hydrogen (secondary N) is 1. The molecule has 0 aliphatic carbocycles. The summed E-state index contributed by atoms with van der Waals surface area (Å²) in [6, 6.07) is -0.107. The number of rotatable bonds is 3. The highest BCUT2D eigenvalue weighted by atomic mass is 16.6. The molecule has 0 unspecified atom stereocenters. The molecule has 0 radical (unpaired) electrons. The number of alkyl carbamates (subject to hydrolysis) is 1. The van der Waals surface area contributed by atoms with Crippen LogP contribution in [0.1, 0.15) is 38.6 Å². The molecule has 0 spiro atoms. The van der Waals surface area contributed by atoms with E-state index in [2.05, 4.69) is 10.3 Å². The summed E-state index contributed by atoms with van der Waals surface area (Å²) in [5.41, 5.74) is 0. The molecule has 1 aromatic heterocycles. The molecule has 2 amide bonds. The number of fused-ring (bicyclic) bond motifs is 1. The monoisotopic (exact) mass is 306 g/mol. The number of carbonyl (C=O) groups is 2. The fourth-order valence-electron chi connectivity index (χ4n) is 2.98. The van der Waals surface area contributed by atoms with Gasteiger partial charge in [0.25, 0.3) is 0 Å². The van der Waals surface area contributed by atoms with Crippen molar-refractivity contribution in [2.45, 2.75) is 51.3 Å². The highest BCUT2D eigenvalue weighted by Crippen LogP contribution is 2.27. The van der Waals surface area contributed by atoms with E-state index in [4.69, 9.17) is 4.74 Å². The number of hydrogen-bond acceptors (Lipinski definition) is 4. The third-order valence-corrected chi connectivity index (χ3v) is 4.09. The van der Waals surface area contributed by atoms with Crippen molar-refractivity contribution < 1.29 is 14.3 Å². The minimum Gasteiger partial charge on any atom is -0.442 e. The van der Waals surface area contributed by atoms with Crippen LogP contribution in [0.4, 0.5) is 4.79 Å². The average Bonchev–Trinajstić information content (AvgIpc) is 2.89.